The van der Waals surface area contributed by atoms with Crippen LogP contribution in [0.2, 0.25) is 0 Å². The fourth-order valence-corrected chi connectivity index (χ4v) is 1.31. The van der Waals surface area contributed by atoms with Crippen molar-refractivity contribution in [1.29, 1.82) is 0 Å². The highest BCUT2D eigenvalue weighted by molar-refractivity contribution is 4.94. The molecule has 0 amide bonds. The van der Waals surface area contributed by atoms with Gasteiger partial charge in [-0.1, -0.05) is 10.4 Å². The average molecular weight is 174 g/mol. The highest BCUT2D eigenvalue weighted by Gasteiger charge is 2.42. The predicted octanol–water partition coefficient (Wildman–Crippen LogP) is 0.0360. The van der Waals surface area contributed by atoms with E-state index >= 15 is 0 Å². The number of rotatable bonds is 3. The van der Waals surface area contributed by atoms with E-state index in [1.165, 1.54) is 0 Å². The van der Waals surface area contributed by atoms with E-state index in [4.69, 9.17) is 4.74 Å². The fraction of sp³-hybridized carbons (Fsp3) is 1.00. The maximum Gasteiger partial charge on any atom is 0.146 e. The molecule has 0 aromatic carbocycles. The molecule has 0 spiro atoms. The summed E-state index contributed by atoms with van der Waals surface area (Å²) in [7, 11) is 0. The van der Waals surface area contributed by atoms with E-state index in [2.05, 4.69) is 10.4 Å². The standard InChI is InChI=1S/C6H10N2O4/c1-3-5(8-11)6(9)4(12-3)2-7-10/h3-6,9H,2H2,1H3/t3?,4?,5-,6+/m0/s1. The summed E-state index contributed by atoms with van der Waals surface area (Å²) >= 11 is 0. The first-order valence-electron chi connectivity index (χ1n) is 3.65. The van der Waals surface area contributed by atoms with E-state index in [9.17, 15) is 14.9 Å². The molecule has 0 aliphatic carbocycles. The normalized spacial score (nSPS) is 41.2. The van der Waals surface area contributed by atoms with Crippen LogP contribution in [-0.2, 0) is 4.74 Å². The van der Waals surface area contributed by atoms with E-state index in [1.807, 2.05) is 0 Å². The topological polar surface area (TPSA) is 88.3 Å². The number of aliphatic hydroxyl groups is 1. The molecule has 2 unspecified atom stereocenters. The Morgan fingerprint density at radius 2 is 2.17 bits per heavy atom. The Hall–Kier alpha value is -0.880. The molecule has 4 atom stereocenters. The van der Waals surface area contributed by atoms with E-state index < -0.39 is 24.4 Å². The maximum absolute atomic E-state index is 10.2. The molecule has 1 rings (SSSR count). The zero-order valence-corrected chi connectivity index (χ0v) is 6.58. The third-order valence-electron chi connectivity index (χ3n) is 1.98. The van der Waals surface area contributed by atoms with Gasteiger partial charge in [-0.05, 0) is 6.92 Å². The molecule has 1 aliphatic heterocycles. The Balaban J connectivity index is 2.61. The highest BCUT2D eigenvalue weighted by Crippen LogP contribution is 2.23. The first-order valence-corrected chi connectivity index (χ1v) is 3.65. The second-order valence-electron chi connectivity index (χ2n) is 2.78. The van der Waals surface area contributed by atoms with Gasteiger partial charge in [0, 0.05) is 0 Å². The number of ether oxygens (including phenoxy) is 1. The summed E-state index contributed by atoms with van der Waals surface area (Å²) in [5.41, 5.74) is 0. The molecule has 1 saturated heterocycles. The maximum atomic E-state index is 10.2. The lowest BCUT2D eigenvalue weighted by molar-refractivity contribution is 0.0225. The second-order valence-corrected chi connectivity index (χ2v) is 2.78. The van der Waals surface area contributed by atoms with Crippen molar-refractivity contribution >= 4 is 0 Å². The van der Waals surface area contributed by atoms with Crippen LogP contribution >= 0.6 is 0 Å². The lowest BCUT2D eigenvalue weighted by atomic mass is 10.1. The van der Waals surface area contributed by atoms with Crippen LogP contribution in [0.3, 0.4) is 0 Å². The molecule has 1 fully saturated rings. The van der Waals surface area contributed by atoms with Crippen molar-refractivity contribution in [3.63, 3.8) is 0 Å². The Bertz CT molecular complexity index is 186. The van der Waals surface area contributed by atoms with Crippen LogP contribution < -0.4 is 0 Å². The van der Waals surface area contributed by atoms with Gasteiger partial charge in [-0.25, -0.2) is 0 Å². The summed E-state index contributed by atoms with van der Waals surface area (Å²) in [4.78, 5) is 20.0. The Kier molecular flexibility index (Phi) is 2.83. The molecular formula is C6H10N2O4. The summed E-state index contributed by atoms with van der Waals surface area (Å²) in [6.45, 7) is 1.48. The molecule has 12 heavy (non-hydrogen) atoms. The van der Waals surface area contributed by atoms with E-state index in [0.717, 1.165) is 0 Å². The largest absolute Gasteiger partial charge is 0.388 e. The Labute approximate surface area is 68.9 Å². The van der Waals surface area contributed by atoms with Crippen molar-refractivity contribution in [1.82, 2.24) is 0 Å². The number of nitroso groups, excluding NO2 is 2. The molecule has 0 bridgehead atoms. The molecule has 6 nitrogen and oxygen atoms in total. The molecule has 0 radical (unpaired) electrons. The van der Waals surface area contributed by atoms with Crippen molar-refractivity contribution in [3.05, 3.63) is 9.81 Å². The number of aliphatic hydroxyl groups excluding tert-OH is 1. The Morgan fingerprint density at radius 1 is 1.50 bits per heavy atom. The second kappa shape index (κ2) is 3.68. The molecular weight excluding hydrogens is 164 g/mol. The minimum Gasteiger partial charge on any atom is -0.388 e. The van der Waals surface area contributed by atoms with Gasteiger partial charge in [-0.2, -0.15) is 9.81 Å². The molecule has 0 saturated carbocycles. The molecule has 1 N–H and O–H groups in total. The molecule has 6 heteroatoms. The zero-order valence-electron chi connectivity index (χ0n) is 6.58. The van der Waals surface area contributed by atoms with Gasteiger partial charge in [0.2, 0.25) is 0 Å². The van der Waals surface area contributed by atoms with Gasteiger partial charge in [-0.3, -0.25) is 0 Å². The summed E-state index contributed by atoms with van der Waals surface area (Å²) in [6, 6.07) is -0.781. The van der Waals surface area contributed by atoms with Crippen molar-refractivity contribution < 1.29 is 9.84 Å². The SMILES string of the molecule is CC1OC(CN=O)[C@@H](O)[C@H]1N=O. The monoisotopic (exact) mass is 174 g/mol. The third-order valence-corrected chi connectivity index (χ3v) is 1.98. The van der Waals surface area contributed by atoms with Crippen LogP contribution in [0.15, 0.2) is 10.4 Å². The summed E-state index contributed by atoms with van der Waals surface area (Å²) < 4.78 is 5.08. The van der Waals surface area contributed by atoms with Crippen LogP contribution in [-0.4, -0.2) is 36.0 Å². The minimum atomic E-state index is -1.00. The van der Waals surface area contributed by atoms with Crippen LogP contribution in [0.5, 0.6) is 0 Å². The van der Waals surface area contributed by atoms with Gasteiger partial charge in [0.1, 0.15) is 24.8 Å². The van der Waals surface area contributed by atoms with Gasteiger partial charge in [0.15, 0.2) is 0 Å². The fourth-order valence-electron chi connectivity index (χ4n) is 1.31. The van der Waals surface area contributed by atoms with Gasteiger partial charge < -0.3 is 9.84 Å². The summed E-state index contributed by atoms with van der Waals surface area (Å²) in [5.74, 6) is 0. The van der Waals surface area contributed by atoms with Gasteiger partial charge in [0.25, 0.3) is 0 Å². The molecule has 0 aromatic heterocycles. The number of hydrogen-bond acceptors (Lipinski definition) is 6. The number of nitrogens with zero attached hydrogens (tertiary/aromatic N) is 2. The molecule has 1 aliphatic rings. The smallest absolute Gasteiger partial charge is 0.146 e. The quantitative estimate of drug-likeness (QED) is 0.611. The van der Waals surface area contributed by atoms with Crippen molar-refractivity contribution in [2.75, 3.05) is 6.54 Å². The first kappa shape index (κ1) is 9.21. The molecule has 68 valence electrons. The van der Waals surface area contributed by atoms with Crippen molar-refractivity contribution in [2.45, 2.75) is 31.3 Å². The van der Waals surface area contributed by atoms with E-state index in [-0.39, 0.29) is 6.54 Å². The Morgan fingerprint density at radius 3 is 2.58 bits per heavy atom. The molecule has 0 aromatic rings. The zero-order chi connectivity index (χ0) is 9.14. The predicted molar refractivity (Wildman–Crippen MR) is 40.6 cm³/mol. The first-order chi connectivity index (χ1) is 5.70. The van der Waals surface area contributed by atoms with Gasteiger partial charge in [-0.15, -0.1) is 0 Å². The summed E-state index contributed by atoms with van der Waals surface area (Å²) in [6.07, 6.45) is -2.13. The van der Waals surface area contributed by atoms with E-state index in [1.54, 1.807) is 6.92 Å². The van der Waals surface area contributed by atoms with Gasteiger partial charge in [0.05, 0.1) is 6.10 Å². The minimum absolute atomic E-state index is 0.141. The van der Waals surface area contributed by atoms with Crippen LogP contribution in [0.25, 0.3) is 0 Å². The number of hydrogen-bond donors (Lipinski definition) is 1. The van der Waals surface area contributed by atoms with Crippen LogP contribution in [0, 0.1) is 9.81 Å². The van der Waals surface area contributed by atoms with Crippen LogP contribution in [0.1, 0.15) is 6.92 Å². The van der Waals surface area contributed by atoms with E-state index in [0.29, 0.717) is 0 Å². The molecule has 1 heterocycles. The summed E-state index contributed by atoms with van der Waals surface area (Å²) in [5, 5.41) is 14.6. The highest BCUT2D eigenvalue weighted by atomic mass is 16.5. The van der Waals surface area contributed by atoms with Crippen molar-refractivity contribution in [2.24, 2.45) is 10.4 Å². The van der Waals surface area contributed by atoms with Crippen molar-refractivity contribution in [3.8, 4) is 0 Å². The average Bonchev–Trinajstić information content (AvgIpc) is 2.29. The lowest BCUT2D eigenvalue weighted by Gasteiger charge is -2.08. The van der Waals surface area contributed by atoms with Gasteiger partial charge >= 0.3 is 0 Å². The lowest BCUT2D eigenvalue weighted by Crippen LogP contribution is -2.31. The van der Waals surface area contributed by atoms with Crippen LogP contribution in [0.4, 0.5) is 0 Å². The third kappa shape index (κ3) is 1.49.